The van der Waals surface area contributed by atoms with Crippen molar-refractivity contribution in [2.75, 3.05) is 13.6 Å². The molecule has 2 atom stereocenters. The Labute approximate surface area is 97.6 Å². The van der Waals surface area contributed by atoms with E-state index in [0.29, 0.717) is 6.54 Å². The van der Waals surface area contributed by atoms with Gasteiger partial charge in [-0.1, -0.05) is 6.92 Å². The van der Waals surface area contributed by atoms with Crippen LogP contribution in [0.3, 0.4) is 0 Å². The maximum absolute atomic E-state index is 5.56. The van der Waals surface area contributed by atoms with E-state index in [9.17, 15) is 0 Å². The molecule has 1 fully saturated rings. The van der Waals surface area contributed by atoms with E-state index < -0.39 is 0 Å². The summed E-state index contributed by atoms with van der Waals surface area (Å²) in [6.45, 7) is 7.00. The average molecular weight is 222 g/mol. The van der Waals surface area contributed by atoms with E-state index in [2.05, 4.69) is 24.9 Å². The first-order valence-corrected chi connectivity index (χ1v) is 6.07. The second-order valence-corrected chi connectivity index (χ2v) is 5.17. The fraction of sp³-hybridized carbons (Fsp3) is 0.692. The van der Waals surface area contributed by atoms with Crippen LogP contribution in [0.1, 0.15) is 30.4 Å². The maximum atomic E-state index is 5.56. The van der Waals surface area contributed by atoms with Crippen LogP contribution in [-0.4, -0.2) is 18.5 Å². The Kier molecular flexibility index (Phi) is 3.36. The van der Waals surface area contributed by atoms with Gasteiger partial charge in [-0.3, -0.25) is 0 Å². The molecule has 1 aliphatic rings. The van der Waals surface area contributed by atoms with E-state index in [0.717, 1.165) is 29.9 Å². The van der Waals surface area contributed by atoms with E-state index in [1.54, 1.807) is 0 Å². The van der Waals surface area contributed by atoms with Crippen LogP contribution in [0.5, 0.6) is 0 Å². The minimum absolute atomic E-state index is 0.490. The van der Waals surface area contributed by atoms with Crippen LogP contribution < -0.4 is 5.73 Å². The molecule has 90 valence electrons. The Morgan fingerprint density at radius 1 is 1.56 bits per heavy atom. The molecular formula is C13H22N2O. The summed E-state index contributed by atoms with van der Waals surface area (Å²) >= 11 is 0. The zero-order chi connectivity index (χ0) is 11.7. The second kappa shape index (κ2) is 4.60. The lowest BCUT2D eigenvalue weighted by Gasteiger charge is -2.15. The molecule has 16 heavy (non-hydrogen) atoms. The Morgan fingerprint density at radius 3 is 2.75 bits per heavy atom. The van der Waals surface area contributed by atoms with Crippen LogP contribution in [0.2, 0.25) is 0 Å². The molecule has 0 amide bonds. The highest BCUT2D eigenvalue weighted by Crippen LogP contribution is 2.38. The van der Waals surface area contributed by atoms with Crippen molar-refractivity contribution in [1.82, 2.24) is 4.90 Å². The van der Waals surface area contributed by atoms with E-state index in [1.165, 1.54) is 18.5 Å². The van der Waals surface area contributed by atoms with Crippen LogP contribution in [0.15, 0.2) is 10.5 Å². The lowest BCUT2D eigenvalue weighted by atomic mass is 10.2. The monoisotopic (exact) mass is 222 g/mol. The van der Waals surface area contributed by atoms with Gasteiger partial charge in [-0.25, -0.2) is 0 Å². The molecule has 0 spiro atoms. The van der Waals surface area contributed by atoms with Crippen LogP contribution in [0.25, 0.3) is 0 Å². The van der Waals surface area contributed by atoms with Crippen LogP contribution in [0.4, 0.5) is 0 Å². The number of nitrogens with zero attached hydrogens (tertiary/aromatic N) is 1. The third-order valence-electron chi connectivity index (χ3n) is 3.54. The Bertz CT molecular complexity index is 359. The van der Waals surface area contributed by atoms with Gasteiger partial charge >= 0.3 is 0 Å². The number of rotatable bonds is 5. The van der Waals surface area contributed by atoms with Crippen LogP contribution >= 0.6 is 0 Å². The Balaban J connectivity index is 1.89. The topological polar surface area (TPSA) is 42.4 Å². The zero-order valence-electron chi connectivity index (χ0n) is 10.5. The maximum Gasteiger partial charge on any atom is 0.118 e. The highest BCUT2D eigenvalue weighted by molar-refractivity contribution is 5.20. The van der Waals surface area contributed by atoms with Crippen molar-refractivity contribution >= 4 is 0 Å². The molecule has 3 heteroatoms. The van der Waals surface area contributed by atoms with Crippen molar-refractivity contribution in [3.8, 4) is 0 Å². The summed E-state index contributed by atoms with van der Waals surface area (Å²) in [4.78, 5) is 2.38. The quantitative estimate of drug-likeness (QED) is 0.830. The summed E-state index contributed by atoms with van der Waals surface area (Å²) in [5.74, 6) is 3.73. The molecule has 1 aromatic heterocycles. The first-order chi connectivity index (χ1) is 7.60. The molecule has 0 bridgehead atoms. The molecule has 0 aliphatic heterocycles. The molecule has 2 rings (SSSR count). The number of aryl methyl sites for hydroxylation is 1. The molecule has 2 N–H and O–H groups in total. The molecule has 0 aromatic carbocycles. The van der Waals surface area contributed by atoms with Gasteiger partial charge < -0.3 is 15.1 Å². The number of hydrogen-bond acceptors (Lipinski definition) is 3. The average Bonchev–Trinajstić information content (AvgIpc) is 2.78. The third-order valence-corrected chi connectivity index (χ3v) is 3.54. The summed E-state index contributed by atoms with van der Waals surface area (Å²) in [5, 5.41) is 0. The lowest BCUT2D eigenvalue weighted by molar-refractivity contribution is 0.305. The second-order valence-electron chi connectivity index (χ2n) is 5.17. The first-order valence-electron chi connectivity index (χ1n) is 6.07. The van der Waals surface area contributed by atoms with Gasteiger partial charge in [0, 0.05) is 18.7 Å². The predicted molar refractivity (Wildman–Crippen MR) is 64.9 cm³/mol. The van der Waals surface area contributed by atoms with Crippen molar-refractivity contribution in [3.05, 3.63) is 23.2 Å². The summed E-state index contributed by atoms with van der Waals surface area (Å²) in [5.41, 5.74) is 6.84. The molecular weight excluding hydrogens is 200 g/mol. The largest absolute Gasteiger partial charge is 0.465 e. The normalized spacial score (nSPS) is 24.1. The van der Waals surface area contributed by atoms with Crippen molar-refractivity contribution in [2.45, 2.75) is 33.4 Å². The molecule has 1 aromatic rings. The van der Waals surface area contributed by atoms with Crippen molar-refractivity contribution in [3.63, 3.8) is 0 Å². The van der Waals surface area contributed by atoms with Gasteiger partial charge in [0.1, 0.15) is 11.5 Å². The molecule has 3 nitrogen and oxygen atoms in total. The van der Waals surface area contributed by atoms with E-state index >= 15 is 0 Å². The van der Waals surface area contributed by atoms with E-state index in [1.807, 2.05) is 6.92 Å². The molecule has 1 aliphatic carbocycles. The number of nitrogens with two attached hydrogens (primary N) is 1. The van der Waals surface area contributed by atoms with Crippen molar-refractivity contribution in [1.29, 1.82) is 0 Å². The summed E-state index contributed by atoms with van der Waals surface area (Å²) in [6.07, 6.45) is 1.39. The summed E-state index contributed by atoms with van der Waals surface area (Å²) in [7, 11) is 2.18. The SMILES string of the molecule is Cc1oc(CN)cc1CN(C)CC1CC1C. The standard InChI is InChI=1S/C13H22N2O/c1-9-4-11(9)7-15(3)8-12-5-13(6-14)16-10(12)2/h5,9,11H,4,6-8,14H2,1-3H3. The molecule has 0 radical (unpaired) electrons. The Hall–Kier alpha value is -0.800. The number of hydrogen-bond donors (Lipinski definition) is 1. The van der Waals surface area contributed by atoms with Crippen LogP contribution in [-0.2, 0) is 13.1 Å². The van der Waals surface area contributed by atoms with Gasteiger partial charge in [0.15, 0.2) is 0 Å². The van der Waals surface area contributed by atoms with Gasteiger partial charge in [0.2, 0.25) is 0 Å². The smallest absolute Gasteiger partial charge is 0.118 e. The third kappa shape index (κ3) is 2.66. The van der Waals surface area contributed by atoms with Gasteiger partial charge in [-0.15, -0.1) is 0 Å². The Morgan fingerprint density at radius 2 is 2.25 bits per heavy atom. The van der Waals surface area contributed by atoms with Crippen molar-refractivity contribution < 1.29 is 4.42 Å². The van der Waals surface area contributed by atoms with Crippen LogP contribution in [0, 0.1) is 18.8 Å². The molecule has 0 saturated heterocycles. The number of furan rings is 1. The van der Waals surface area contributed by atoms with Gasteiger partial charge in [0.25, 0.3) is 0 Å². The molecule has 2 unspecified atom stereocenters. The van der Waals surface area contributed by atoms with Gasteiger partial charge in [-0.2, -0.15) is 0 Å². The fourth-order valence-electron chi connectivity index (χ4n) is 2.25. The minimum Gasteiger partial charge on any atom is -0.465 e. The minimum atomic E-state index is 0.490. The first kappa shape index (κ1) is 11.7. The molecule has 1 heterocycles. The fourth-order valence-corrected chi connectivity index (χ4v) is 2.25. The zero-order valence-corrected chi connectivity index (χ0v) is 10.5. The van der Waals surface area contributed by atoms with Crippen molar-refractivity contribution in [2.24, 2.45) is 17.6 Å². The van der Waals surface area contributed by atoms with E-state index in [-0.39, 0.29) is 0 Å². The van der Waals surface area contributed by atoms with Gasteiger partial charge in [0.05, 0.1) is 6.54 Å². The van der Waals surface area contributed by atoms with E-state index in [4.69, 9.17) is 10.2 Å². The molecule has 1 saturated carbocycles. The summed E-state index contributed by atoms with van der Waals surface area (Å²) in [6, 6.07) is 2.09. The predicted octanol–water partition coefficient (Wildman–Crippen LogP) is 2.13. The highest BCUT2D eigenvalue weighted by atomic mass is 16.3. The highest BCUT2D eigenvalue weighted by Gasteiger charge is 2.33. The summed E-state index contributed by atoms with van der Waals surface area (Å²) < 4.78 is 5.55. The van der Waals surface area contributed by atoms with Gasteiger partial charge in [-0.05, 0) is 38.3 Å². The lowest BCUT2D eigenvalue weighted by Crippen LogP contribution is -2.21.